The van der Waals surface area contributed by atoms with Crippen LogP contribution in [-0.2, 0) is 19.3 Å². The van der Waals surface area contributed by atoms with Crippen LogP contribution in [0.1, 0.15) is 18.3 Å². The van der Waals surface area contributed by atoms with Gasteiger partial charge in [0.2, 0.25) is 0 Å². The zero-order chi connectivity index (χ0) is 14.8. The minimum atomic E-state index is -4.45. The summed E-state index contributed by atoms with van der Waals surface area (Å²) in [5, 5.41) is 0. The highest BCUT2D eigenvalue weighted by molar-refractivity contribution is 5.35. The second kappa shape index (κ2) is 5.44. The summed E-state index contributed by atoms with van der Waals surface area (Å²) in [6, 6.07) is 5.08. The molecule has 0 amide bonds. The summed E-state index contributed by atoms with van der Waals surface area (Å²) in [7, 11) is 0. The highest BCUT2D eigenvalue weighted by atomic mass is 19.4. The van der Waals surface area contributed by atoms with Gasteiger partial charge in [-0.2, -0.15) is 13.2 Å². The largest absolute Gasteiger partial charge is 0.485 e. The van der Waals surface area contributed by atoms with E-state index >= 15 is 0 Å². The topological polar surface area (TPSA) is 53.1 Å². The maximum Gasteiger partial charge on any atom is 0.419 e. The molecule has 1 aromatic heterocycles. The molecule has 0 saturated heterocycles. The molecule has 7 heteroatoms. The number of hydrogen-bond donors (Lipinski definition) is 1. The Kier molecular flexibility index (Phi) is 3.87. The Bertz CT molecular complexity index is 593. The fraction of sp³-hybridized carbons (Fsp3) is 0.308. The summed E-state index contributed by atoms with van der Waals surface area (Å²) >= 11 is 0. The van der Waals surface area contributed by atoms with Crippen molar-refractivity contribution in [2.75, 3.05) is 5.73 Å². The third-order valence-corrected chi connectivity index (χ3v) is 2.83. The number of rotatable bonds is 4. The van der Waals surface area contributed by atoms with Crippen molar-refractivity contribution in [3.05, 3.63) is 41.9 Å². The fourth-order valence-corrected chi connectivity index (χ4v) is 1.88. The van der Waals surface area contributed by atoms with E-state index in [-0.39, 0.29) is 12.4 Å². The highest BCUT2D eigenvalue weighted by Crippen LogP contribution is 2.36. The number of nitrogens with zero attached hydrogens (tertiary/aromatic N) is 2. The Morgan fingerprint density at radius 2 is 2.00 bits per heavy atom. The van der Waals surface area contributed by atoms with Crippen LogP contribution in [0.4, 0.5) is 19.0 Å². The van der Waals surface area contributed by atoms with Crippen molar-refractivity contribution in [1.29, 1.82) is 0 Å². The van der Waals surface area contributed by atoms with Crippen LogP contribution in [0.25, 0.3) is 0 Å². The second-order valence-corrected chi connectivity index (χ2v) is 4.13. The number of imidazole rings is 1. The Balaban J connectivity index is 2.19. The molecule has 0 atom stereocenters. The van der Waals surface area contributed by atoms with Crippen molar-refractivity contribution in [3.63, 3.8) is 0 Å². The molecule has 0 unspecified atom stereocenters. The smallest absolute Gasteiger partial charge is 0.419 e. The van der Waals surface area contributed by atoms with Gasteiger partial charge in [-0.3, -0.25) is 0 Å². The predicted octanol–water partition coefficient (Wildman–Crippen LogP) is 3.08. The van der Waals surface area contributed by atoms with Gasteiger partial charge < -0.3 is 15.0 Å². The first kappa shape index (κ1) is 14.2. The van der Waals surface area contributed by atoms with Crippen LogP contribution >= 0.6 is 0 Å². The molecule has 108 valence electrons. The summed E-state index contributed by atoms with van der Waals surface area (Å²) in [4.78, 5) is 4.03. The first-order chi connectivity index (χ1) is 9.43. The van der Waals surface area contributed by atoms with Crippen molar-refractivity contribution >= 4 is 5.82 Å². The van der Waals surface area contributed by atoms with Gasteiger partial charge in [0.15, 0.2) is 0 Å². The van der Waals surface area contributed by atoms with Gasteiger partial charge in [-0.15, -0.1) is 0 Å². The number of alkyl halides is 3. The summed E-state index contributed by atoms with van der Waals surface area (Å²) in [6.07, 6.45) is -2.99. The van der Waals surface area contributed by atoms with Crippen molar-refractivity contribution < 1.29 is 17.9 Å². The molecular weight excluding hydrogens is 271 g/mol. The Morgan fingerprint density at radius 3 is 2.65 bits per heavy atom. The predicted molar refractivity (Wildman–Crippen MR) is 68.1 cm³/mol. The molecule has 1 heterocycles. The number of nitrogen functional groups attached to an aromatic ring is 1. The minimum absolute atomic E-state index is 0.0713. The normalized spacial score (nSPS) is 11.6. The van der Waals surface area contributed by atoms with E-state index in [1.54, 1.807) is 4.57 Å². The van der Waals surface area contributed by atoms with E-state index in [1.165, 1.54) is 24.4 Å². The first-order valence-corrected chi connectivity index (χ1v) is 6.02. The van der Waals surface area contributed by atoms with E-state index in [4.69, 9.17) is 10.5 Å². The molecule has 2 aromatic rings. The van der Waals surface area contributed by atoms with Crippen molar-refractivity contribution in [1.82, 2.24) is 9.55 Å². The molecule has 0 aliphatic rings. The number of hydrogen-bond acceptors (Lipinski definition) is 3. The number of aromatic nitrogens is 2. The van der Waals surface area contributed by atoms with Gasteiger partial charge in [-0.25, -0.2) is 4.98 Å². The fourth-order valence-electron chi connectivity index (χ4n) is 1.88. The number of nitrogens with two attached hydrogens (primary N) is 1. The molecule has 0 saturated carbocycles. The zero-order valence-electron chi connectivity index (χ0n) is 10.8. The number of para-hydroxylation sites is 1. The van der Waals surface area contributed by atoms with E-state index in [0.29, 0.717) is 18.2 Å². The monoisotopic (exact) mass is 285 g/mol. The summed E-state index contributed by atoms with van der Waals surface area (Å²) in [5.41, 5.74) is 4.88. The van der Waals surface area contributed by atoms with Crippen molar-refractivity contribution in [2.45, 2.75) is 26.3 Å². The molecular formula is C13H14F3N3O. The number of anilines is 1. The van der Waals surface area contributed by atoms with E-state index in [1.807, 2.05) is 6.92 Å². The quantitative estimate of drug-likeness (QED) is 0.939. The van der Waals surface area contributed by atoms with Crippen LogP contribution in [0.2, 0.25) is 0 Å². The standard InChI is InChI=1S/C13H14F3N3O/c1-2-19-11(17)7-18-12(19)8-20-10-6-4-3-5-9(10)13(14,15)16/h3-7H,2,8,17H2,1H3. The van der Waals surface area contributed by atoms with Crippen LogP contribution in [0.15, 0.2) is 30.5 Å². The maximum absolute atomic E-state index is 12.8. The van der Waals surface area contributed by atoms with Gasteiger partial charge >= 0.3 is 6.18 Å². The zero-order valence-corrected chi connectivity index (χ0v) is 10.8. The molecule has 4 nitrogen and oxygen atoms in total. The molecule has 0 fully saturated rings. The molecule has 0 bridgehead atoms. The van der Waals surface area contributed by atoms with Crippen LogP contribution in [0.3, 0.4) is 0 Å². The second-order valence-electron chi connectivity index (χ2n) is 4.13. The Hall–Kier alpha value is -2.18. The van der Waals surface area contributed by atoms with Gasteiger partial charge in [-0.05, 0) is 19.1 Å². The number of benzene rings is 1. The van der Waals surface area contributed by atoms with E-state index in [9.17, 15) is 13.2 Å². The molecule has 0 aliphatic carbocycles. The molecule has 0 spiro atoms. The Labute approximate surface area is 114 Å². The van der Waals surface area contributed by atoms with Crippen molar-refractivity contribution in [3.8, 4) is 5.75 Å². The lowest BCUT2D eigenvalue weighted by Crippen LogP contribution is -2.11. The Morgan fingerprint density at radius 1 is 1.30 bits per heavy atom. The summed E-state index contributed by atoms with van der Waals surface area (Å²) in [6.45, 7) is 2.37. The summed E-state index contributed by atoms with van der Waals surface area (Å²) < 4.78 is 45.3. The average Bonchev–Trinajstić information content (AvgIpc) is 2.76. The number of ether oxygens (including phenoxy) is 1. The molecule has 1 aromatic carbocycles. The van der Waals surface area contributed by atoms with Gasteiger partial charge in [0.25, 0.3) is 0 Å². The molecule has 0 radical (unpaired) electrons. The van der Waals surface area contributed by atoms with Crippen LogP contribution in [0, 0.1) is 0 Å². The molecule has 20 heavy (non-hydrogen) atoms. The van der Waals surface area contributed by atoms with Crippen LogP contribution in [-0.4, -0.2) is 9.55 Å². The third-order valence-electron chi connectivity index (χ3n) is 2.83. The van der Waals surface area contributed by atoms with Gasteiger partial charge in [0, 0.05) is 6.54 Å². The average molecular weight is 285 g/mol. The van der Waals surface area contributed by atoms with Gasteiger partial charge in [0.1, 0.15) is 24.0 Å². The van der Waals surface area contributed by atoms with E-state index < -0.39 is 11.7 Å². The number of halogens is 3. The molecule has 2 rings (SSSR count). The lowest BCUT2D eigenvalue weighted by molar-refractivity contribution is -0.139. The van der Waals surface area contributed by atoms with Gasteiger partial charge in [0.05, 0.1) is 11.8 Å². The van der Waals surface area contributed by atoms with Crippen molar-refractivity contribution in [2.24, 2.45) is 0 Å². The SMILES string of the molecule is CCn1c(N)cnc1COc1ccccc1C(F)(F)F. The molecule has 0 aliphatic heterocycles. The van der Waals surface area contributed by atoms with Crippen LogP contribution < -0.4 is 10.5 Å². The van der Waals surface area contributed by atoms with E-state index in [2.05, 4.69) is 4.98 Å². The van der Waals surface area contributed by atoms with E-state index in [0.717, 1.165) is 6.07 Å². The third kappa shape index (κ3) is 2.87. The maximum atomic E-state index is 12.8. The molecule has 2 N–H and O–H groups in total. The lowest BCUT2D eigenvalue weighted by Gasteiger charge is -2.14. The summed E-state index contributed by atoms with van der Waals surface area (Å²) in [5.74, 6) is 0.724. The minimum Gasteiger partial charge on any atom is -0.485 e. The van der Waals surface area contributed by atoms with Crippen LogP contribution in [0.5, 0.6) is 5.75 Å². The first-order valence-electron chi connectivity index (χ1n) is 6.02. The van der Waals surface area contributed by atoms with Gasteiger partial charge in [-0.1, -0.05) is 12.1 Å². The lowest BCUT2D eigenvalue weighted by atomic mass is 10.2. The highest BCUT2D eigenvalue weighted by Gasteiger charge is 2.34.